The van der Waals surface area contributed by atoms with Crippen molar-refractivity contribution in [3.8, 4) is 0 Å². The van der Waals surface area contributed by atoms with E-state index in [0.29, 0.717) is 0 Å². The van der Waals surface area contributed by atoms with Gasteiger partial charge in [-0.15, -0.1) is 0 Å². The van der Waals surface area contributed by atoms with Crippen LogP contribution in [0.2, 0.25) is 0 Å². The minimum Gasteiger partial charge on any atom is -0.327 e. The highest BCUT2D eigenvalue weighted by Crippen LogP contribution is 2.28. The zero-order valence-electron chi connectivity index (χ0n) is 12.3. The third kappa shape index (κ3) is 4.05. The summed E-state index contributed by atoms with van der Waals surface area (Å²) >= 11 is 1.62. The van der Waals surface area contributed by atoms with E-state index in [2.05, 4.69) is 42.0 Å². The van der Waals surface area contributed by atoms with E-state index in [4.69, 9.17) is 5.73 Å². The maximum Gasteiger partial charge on any atom is 0.105 e. The molecule has 4 heteroatoms. The fourth-order valence-electron chi connectivity index (χ4n) is 2.05. The SMILES string of the molecule is CCC(N)Cc1cccnc1Sc1cc(C)cc(C)n1. The Kier molecular flexibility index (Phi) is 5.15. The predicted octanol–water partition coefficient (Wildman–Crippen LogP) is 3.52. The molecule has 2 heterocycles. The molecule has 1 atom stereocenters. The molecule has 0 aliphatic rings. The average molecular weight is 287 g/mol. The highest BCUT2D eigenvalue weighted by atomic mass is 32.2. The maximum absolute atomic E-state index is 6.06. The van der Waals surface area contributed by atoms with Crippen molar-refractivity contribution in [3.63, 3.8) is 0 Å². The van der Waals surface area contributed by atoms with Crippen LogP contribution in [0.4, 0.5) is 0 Å². The van der Waals surface area contributed by atoms with Gasteiger partial charge >= 0.3 is 0 Å². The Bertz CT molecular complexity index is 563. The van der Waals surface area contributed by atoms with Crippen molar-refractivity contribution in [1.29, 1.82) is 0 Å². The first-order valence-corrected chi connectivity index (χ1v) is 7.72. The summed E-state index contributed by atoms with van der Waals surface area (Å²) in [5.41, 5.74) is 9.53. The van der Waals surface area contributed by atoms with Gasteiger partial charge in [0.05, 0.1) is 0 Å². The van der Waals surface area contributed by atoms with Crippen LogP contribution >= 0.6 is 11.8 Å². The van der Waals surface area contributed by atoms with E-state index >= 15 is 0 Å². The number of nitrogens with two attached hydrogens (primary N) is 1. The lowest BCUT2D eigenvalue weighted by molar-refractivity contribution is 0.637. The van der Waals surface area contributed by atoms with Crippen LogP contribution in [0.1, 0.15) is 30.2 Å². The molecule has 2 aromatic rings. The molecule has 3 nitrogen and oxygen atoms in total. The first kappa shape index (κ1) is 15.0. The van der Waals surface area contributed by atoms with Crippen LogP contribution < -0.4 is 5.73 Å². The molecular formula is C16H21N3S. The Morgan fingerprint density at radius 3 is 2.80 bits per heavy atom. The van der Waals surface area contributed by atoms with Gasteiger partial charge < -0.3 is 5.73 Å². The van der Waals surface area contributed by atoms with Crippen molar-refractivity contribution in [2.75, 3.05) is 0 Å². The molecule has 0 aromatic carbocycles. The zero-order chi connectivity index (χ0) is 14.5. The number of aryl methyl sites for hydroxylation is 2. The molecule has 20 heavy (non-hydrogen) atoms. The molecule has 1 unspecified atom stereocenters. The molecule has 0 saturated carbocycles. The quantitative estimate of drug-likeness (QED) is 0.914. The van der Waals surface area contributed by atoms with Gasteiger partial charge in [0.15, 0.2) is 0 Å². The van der Waals surface area contributed by atoms with E-state index in [1.165, 1.54) is 11.1 Å². The van der Waals surface area contributed by atoms with Crippen LogP contribution in [-0.2, 0) is 6.42 Å². The topological polar surface area (TPSA) is 51.8 Å². The third-order valence-corrected chi connectivity index (χ3v) is 4.11. The van der Waals surface area contributed by atoms with Gasteiger partial charge in [-0.25, -0.2) is 9.97 Å². The Hall–Kier alpha value is -1.39. The third-order valence-electron chi connectivity index (χ3n) is 3.13. The van der Waals surface area contributed by atoms with Crippen molar-refractivity contribution in [2.24, 2.45) is 5.73 Å². The second-order valence-electron chi connectivity index (χ2n) is 5.07. The molecule has 0 aliphatic carbocycles. The summed E-state index contributed by atoms with van der Waals surface area (Å²) in [5, 5.41) is 2.00. The number of pyridine rings is 2. The van der Waals surface area contributed by atoms with Gasteiger partial charge in [0, 0.05) is 17.9 Å². The summed E-state index contributed by atoms with van der Waals surface area (Å²) in [6.45, 7) is 6.22. The van der Waals surface area contributed by atoms with Crippen molar-refractivity contribution < 1.29 is 0 Å². The highest BCUT2D eigenvalue weighted by molar-refractivity contribution is 7.99. The van der Waals surface area contributed by atoms with E-state index < -0.39 is 0 Å². The molecule has 0 saturated heterocycles. The lowest BCUT2D eigenvalue weighted by Crippen LogP contribution is -2.21. The maximum atomic E-state index is 6.06. The number of aromatic nitrogens is 2. The molecule has 2 N–H and O–H groups in total. The van der Waals surface area contributed by atoms with Crippen LogP contribution in [0.25, 0.3) is 0 Å². The molecular weight excluding hydrogens is 266 g/mol. The fourth-order valence-corrected chi connectivity index (χ4v) is 3.08. The smallest absolute Gasteiger partial charge is 0.105 e. The van der Waals surface area contributed by atoms with E-state index in [0.717, 1.165) is 28.6 Å². The van der Waals surface area contributed by atoms with E-state index in [9.17, 15) is 0 Å². The van der Waals surface area contributed by atoms with Gasteiger partial charge in [-0.05, 0) is 67.8 Å². The molecule has 106 valence electrons. The minimum absolute atomic E-state index is 0.186. The van der Waals surface area contributed by atoms with Gasteiger partial charge in [-0.1, -0.05) is 13.0 Å². The van der Waals surface area contributed by atoms with Crippen molar-refractivity contribution in [1.82, 2.24) is 9.97 Å². The Labute approximate surface area is 125 Å². The molecule has 0 amide bonds. The number of nitrogens with zero attached hydrogens (tertiary/aromatic N) is 2. The minimum atomic E-state index is 0.186. The number of hydrogen-bond acceptors (Lipinski definition) is 4. The number of rotatable bonds is 5. The van der Waals surface area contributed by atoms with Crippen molar-refractivity contribution in [2.45, 2.75) is 49.7 Å². The van der Waals surface area contributed by atoms with E-state index in [1.807, 2.05) is 19.2 Å². The second kappa shape index (κ2) is 6.86. The molecule has 2 aromatic heterocycles. The van der Waals surface area contributed by atoms with Crippen LogP contribution in [0.3, 0.4) is 0 Å². The monoisotopic (exact) mass is 287 g/mol. The first-order valence-electron chi connectivity index (χ1n) is 6.91. The van der Waals surface area contributed by atoms with Gasteiger partial charge in [-0.2, -0.15) is 0 Å². The number of hydrogen-bond donors (Lipinski definition) is 1. The van der Waals surface area contributed by atoms with Crippen molar-refractivity contribution in [3.05, 3.63) is 47.3 Å². The summed E-state index contributed by atoms with van der Waals surface area (Å²) in [7, 11) is 0. The first-order chi connectivity index (χ1) is 9.58. The summed E-state index contributed by atoms with van der Waals surface area (Å²) in [4.78, 5) is 9.05. The Morgan fingerprint density at radius 1 is 1.30 bits per heavy atom. The van der Waals surface area contributed by atoms with Crippen LogP contribution in [0, 0.1) is 13.8 Å². The molecule has 2 rings (SSSR count). The lowest BCUT2D eigenvalue weighted by Gasteiger charge is -2.12. The predicted molar refractivity (Wildman–Crippen MR) is 84.0 cm³/mol. The van der Waals surface area contributed by atoms with Gasteiger partial charge in [0.1, 0.15) is 10.1 Å². The standard InChI is InChI=1S/C16H21N3S/c1-4-14(17)10-13-6-5-7-18-16(13)20-15-9-11(2)8-12(3)19-15/h5-9,14H,4,10,17H2,1-3H3. The van der Waals surface area contributed by atoms with Crippen LogP contribution in [0.5, 0.6) is 0 Å². The van der Waals surface area contributed by atoms with E-state index in [1.54, 1.807) is 11.8 Å². The van der Waals surface area contributed by atoms with E-state index in [-0.39, 0.29) is 6.04 Å². The van der Waals surface area contributed by atoms with Gasteiger partial charge in [0.2, 0.25) is 0 Å². The summed E-state index contributed by atoms with van der Waals surface area (Å²) in [6, 6.07) is 8.43. The normalized spacial score (nSPS) is 12.4. The summed E-state index contributed by atoms with van der Waals surface area (Å²) in [5.74, 6) is 0. The average Bonchev–Trinajstić information content (AvgIpc) is 2.39. The molecule has 0 bridgehead atoms. The van der Waals surface area contributed by atoms with Gasteiger partial charge in [-0.3, -0.25) is 0 Å². The summed E-state index contributed by atoms with van der Waals surface area (Å²) in [6.07, 6.45) is 3.66. The fraction of sp³-hybridized carbons (Fsp3) is 0.375. The van der Waals surface area contributed by atoms with Crippen LogP contribution in [0.15, 0.2) is 40.5 Å². The second-order valence-corrected chi connectivity index (χ2v) is 6.08. The van der Waals surface area contributed by atoms with Crippen molar-refractivity contribution >= 4 is 11.8 Å². The van der Waals surface area contributed by atoms with Gasteiger partial charge in [0.25, 0.3) is 0 Å². The Balaban J connectivity index is 2.24. The molecule has 0 fully saturated rings. The Morgan fingerprint density at radius 2 is 2.10 bits per heavy atom. The zero-order valence-corrected chi connectivity index (χ0v) is 13.1. The molecule has 0 spiro atoms. The summed E-state index contributed by atoms with van der Waals surface area (Å²) < 4.78 is 0. The molecule has 0 aliphatic heterocycles. The lowest BCUT2D eigenvalue weighted by atomic mass is 10.1. The van der Waals surface area contributed by atoms with Crippen LogP contribution in [-0.4, -0.2) is 16.0 Å². The molecule has 0 radical (unpaired) electrons. The highest BCUT2D eigenvalue weighted by Gasteiger charge is 2.10. The largest absolute Gasteiger partial charge is 0.327 e.